The van der Waals surface area contributed by atoms with Crippen LogP contribution in [0.4, 0.5) is 0 Å². The Hall–Kier alpha value is -0.850. The number of halogens is 1. The average molecular weight is 334 g/mol. The fourth-order valence-electron chi connectivity index (χ4n) is 1.08. The second kappa shape index (κ2) is 6.67. The Kier molecular flexibility index (Phi) is 6.32. The number of guanidine groups is 1. The highest BCUT2D eigenvalue weighted by molar-refractivity contribution is 14.0. The summed E-state index contributed by atoms with van der Waals surface area (Å²) >= 11 is 0. The number of nitrogens with one attached hydrogen (secondary N) is 1. The van der Waals surface area contributed by atoms with Gasteiger partial charge in [0.1, 0.15) is 0 Å². The topological polar surface area (TPSA) is 63.3 Å². The van der Waals surface area contributed by atoms with E-state index < -0.39 is 0 Å². The maximum atomic E-state index is 5.72. The lowest BCUT2D eigenvalue weighted by molar-refractivity contribution is 0.508. The zero-order valence-corrected chi connectivity index (χ0v) is 12.2. The van der Waals surface area contributed by atoms with E-state index in [-0.39, 0.29) is 29.5 Å². The molecule has 1 aromatic heterocycles. The van der Waals surface area contributed by atoms with Gasteiger partial charge in [0.05, 0.1) is 12.2 Å². The fourth-order valence-corrected chi connectivity index (χ4v) is 1.08. The molecule has 0 fully saturated rings. The van der Waals surface area contributed by atoms with Crippen molar-refractivity contribution in [1.29, 1.82) is 0 Å². The normalized spacial score (nSPS) is 11.8. The predicted molar refractivity (Wildman–Crippen MR) is 77.9 cm³/mol. The van der Waals surface area contributed by atoms with Crippen LogP contribution in [0, 0.1) is 0 Å². The van der Waals surface area contributed by atoms with Gasteiger partial charge in [0.2, 0.25) is 0 Å². The zero-order valence-electron chi connectivity index (χ0n) is 9.90. The molecule has 4 nitrogen and oxygen atoms in total. The second-order valence-electron chi connectivity index (χ2n) is 4.40. The number of aliphatic imine (C=N–C) groups is 1. The third kappa shape index (κ3) is 6.60. The van der Waals surface area contributed by atoms with Crippen LogP contribution in [0.1, 0.15) is 26.5 Å². The first-order valence-electron chi connectivity index (χ1n) is 4.95. The largest absolute Gasteiger partial charge is 0.370 e. The van der Waals surface area contributed by atoms with Crippen molar-refractivity contribution in [2.24, 2.45) is 10.7 Å². The van der Waals surface area contributed by atoms with Gasteiger partial charge in [-0.1, -0.05) is 6.07 Å². The summed E-state index contributed by atoms with van der Waals surface area (Å²) < 4.78 is 0. The molecule has 16 heavy (non-hydrogen) atoms. The molecule has 0 amide bonds. The molecule has 0 radical (unpaired) electrons. The minimum Gasteiger partial charge on any atom is -0.370 e. The smallest absolute Gasteiger partial charge is 0.189 e. The van der Waals surface area contributed by atoms with Gasteiger partial charge in [-0.3, -0.25) is 4.98 Å². The van der Waals surface area contributed by atoms with E-state index in [0.717, 1.165) is 5.69 Å². The Morgan fingerprint density at radius 2 is 2.12 bits per heavy atom. The maximum absolute atomic E-state index is 5.72. The Morgan fingerprint density at radius 1 is 1.44 bits per heavy atom. The third-order valence-corrected chi connectivity index (χ3v) is 1.64. The average Bonchev–Trinajstić information content (AvgIpc) is 2.14. The molecule has 1 heterocycles. The monoisotopic (exact) mass is 334 g/mol. The Balaban J connectivity index is 0.00000225. The van der Waals surface area contributed by atoms with E-state index in [1.54, 1.807) is 6.20 Å². The molecule has 0 unspecified atom stereocenters. The van der Waals surface area contributed by atoms with Crippen LogP contribution in [0.5, 0.6) is 0 Å². The van der Waals surface area contributed by atoms with Crippen molar-refractivity contribution < 1.29 is 0 Å². The molecule has 0 spiro atoms. The summed E-state index contributed by atoms with van der Waals surface area (Å²) in [5.74, 6) is 0.452. The lowest BCUT2D eigenvalue weighted by Crippen LogP contribution is -2.44. The van der Waals surface area contributed by atoms with Crippen LogP contribution in [0.15, 0.2) is 29.4 Å². The zero-order chi connectivity index (χ0) is 11.3. The van der Waals surface area contributed by atoms with Crippen molar-refractivity contribution >= 4 is 29.9 Å². The molecule has 0 aromatic carbocycles. The Bertz CT molecular complexity index is 330. The Labute approximate surface area is 114 Å². The minimum atomic E-state index is -0.0578. The molecule has 5 heteroatoms. The lowest BCUT2D eigenvalue weighted by atomic mass is 10.1. The number of pyridine rings is 1. The van der Waals surface area contributed by atoms with Crippen LogP contribution in [0.3, 0.4) is 0 Å². The van der Waals surface area contributed by atoms with Crippen LogP contribution in [0.2, 0.25) is 0 Å². The van der Waals surface area contributed by atoms with E-state index in [1.807, 2.05) is 39.0 Å². The lowest BCUT2D eigenvalue weighted by Gasteiger charge is -2.20. The number of aromatic nitrogens is 1. The van der Waals surface area contributed by atoms with Gasteiger partial charge in [-0.2, -0.15) is 0 Å². The molecular formula is C11H19IN4. The second-order valence-corrected chi connectivity index (χ2v) is 4.40. The van der Waals surface area contributed by atoms with E-state index in [2.05, 4.69) is 15.3 Å². The van der Waals surface area contributed by atoms with Gasteiger partial charge in [-0.05, 0) is 32.9 Å². The number of hydrogen-bond donors (Lipinski definition) is 2. The van der Waals surface area contributed by atoms with Gasteiger partial charge in [-0.25, -0.2) is 4.99 Å². The summed E-state index contributed by atoms with van der Waals surface area (Å²) in [6.45, 7) is 6.62. The third-order valence-electron chi connectivity index (χ3n) is 1.64. The highest BCUT2D eigenvalue weighted by atomic mass is 127. The summed E-state index contributed by atoms with van der Waals surface area (Å²) in [5, 5.41) is 3.09. The van der Waals surface area contributed by atoms with Crippen LogP contribution in [-0.2, 0) is 6.54 Å². The summed E-state index contributed by atoms with van der Waals surface area (Å²) in [6, 6.07) is 5.74. The fraction of sp³-hybridized carbons (Fsp3) is 0.455. The standard InChI is InChI=1S/C11H18N4.HI/c1-11(2,3)15-10(12)14-8-9-6-4-5-7-13-9;/h4-7H,8H2,1-3H3,(H3,12,14,15);1H. The van der Waals surface area contributed by atoms with Gasteiger partial charge in [0, 0.05) is 11.7 Å². The molecule has 0 atom stereocenters. The van der Waals surface area contributed by atoms with Crippen LogP contribution in [0.25, 0.3) is 0 Å². The van der Waals surface area contributed by atoms with Crippen LogP contribution < -0.4 is 11.1 Å². The molecule has 0 saturated heterocycles. The molecule has 1 aromatic rings. The van der Waals surface area contributed by atoms with Crippen molar-refractivity contribution in [3.8, 4) is 0 Å². The van der Waals surface area contributed by atoms with Crippen molar-refractivity contribution in [3.05, 3.63) is 30.1 Å². The first kappa shape index (κ1) is 15.2. The molecule has 0 aliphatic carbocycles. The van der Waals surface area contributed by atoms with Crippen LogP contribution in [-0.4, -0.2) is 16.5 Å². The summed E-state index contributed by atoms with van der Waals surface area (Å²) in [6.07, 6.45) is 1.75. The maximum Gasteiger partial charge on any atom is 0.189 e. The number of nitrogens with zero attached hydrogens (tertiary/aromatic N) is 2. The molecule has 0 bridgehead atoms. The summed E-state index contributed by atoms with van der Waals surface area (Å²) in [7, 11) is 0. The number of rotatable bonds is 2. The van der Waals surface area contributed by atoms with Gasteiger partial charge in [0.15, 0.2) is 5.96 Å². The van der Waals surface area contributed by atoms with Gasteiger partial charge >= 0.3 is 0 Å². The van der Waals surface area contributed by atoms with Gasteiger partial charge in [0.25, 0.3) is 0 Å². The van der Waals surface area contributed by atoms with Gasteiger partial charge in [-0.15, -0.1) is 24.0 Å². The molecule has 0 aliphatic rings. The highest BCUT2D eigenvalue weighted by Crippen LogP contribution is 1.98. The molecule has 90 valence electrons. The quantitative estimate of drug-likeness (QED) is 0.493. The summed E-state index contributed by atoms with van der Waals surface area (Å²) in [4.78, 5) is 8.36. The molecule has 0 aliphatic heterocycles. The van der Waals surface area contributed by atoms with Crippen molar-refractivity contribution in [3.63, 3.8) is 0 Å². The van der Waals surface area contributed by atoms with E-state index in [1.165, 1.54) is 0 Å². The van der Waals surface area contributed by atoms with Crippen LogP contribution >= 0.6 is 24.0 Å². The first-order chi connectivity index (χ1) is 6.97. The van der Waals surface area contributed by atoms with E-state index >= 15 is 0 Å². The van der Waals surface area contributed by atoms with E-state index in [0.29, 0.717) is 12.5 Å². The van der Waals surface area contributed by atoms with E-state index in [4.69, 9.17) is 5.73 Å². The number of nitrogens with two attached hydrogens (primary N) is 1. The summed E-state index contributed by atoms with van der Waals surface area (Å²) in [5.41, 5.74) is 6.57. The van der Waals surface area contributed by atoms with E-state index in [9.17, 15) is 0 Å². The SMILES string of the molecule is CC(C)(C)NC(N)=NCc1ccccn1.I. The first-order valence-corrected chi connectivity index (χ1v) is 4.95. The van der Waals surface area contributed by atoms with Gasteiger partial charge < -0.3 is 11.1 Å². The Morgan fingerprint density at radius 3 is 2.62 bits per heavy atom. The van der Waals surface area contributed by atoms with Crippen molar-refractivity contribution in [2.75, 3.05) is 0 Å². The molecule has 0 saturated carbocycles. The predicted octanol–water partition coefficient (Wildman–Crippen LogP) is 1.90. The molecule has 1 rings (SSSR count). The van der Waals surface area contributed by atoms with Crippen molar-refractivity contribution in [1.82, 2.24) is 10.3 Å². The molecule has 3 N–H and O–H groups in total. The number of hydrogen-bond acceptors (Lipinski definition) is 2. The molecular weight excluding hydrogens is 315 g/mol. The minimum absolute atomic E-state index is 0. The highest BCUT2D eigenvalue weighted by Gasteiger charge is 2.09. The van der Waals surface area contributed by atoms with Crippen molar-refractivity contribution in [2.45, 2.75) is 32.9 Å².